The summed E-state index contributed by atoms with van der Waals surface area (Å²) in [7, 11) is 0. The van der Waals surface area contributed by atoms with E-state index in [1.54, 1.807) is 0 Å². The SMILES string of the molecule is OCC(O)C1OCC(O[C@H]2OC(CO)[C@@H](O[C@H]3OC(CO)[C@@H](O)[C@@H](O)C3O)[C@@H](O)C2O)C1O. The maximum absolute atomic E-state index is 10.6. The van der Waals surface area contributed by atoms with E-state index in [0.717, 1.165) is 0 Å². The fourth-order valence-corrected chi connectivity index (χ4v) is 4.02. The Hall–Kier alpha value is -0.600. The minimum atomic E-state index is -1.79. The van der Waals surface area contributed by atoms with Gasteiger partial charge in [0.2, 0.25) is 0 Å². The maximum atomic E-state index is 10.6. The quantitative estimate of drug-likeness (QED) is 0.152. The number of ether oxygens (including phenoxy) is 5. The van der Waals surface area contributed by atoms with Crippen molar-refractivity contribution in [3.8, 4) is 0 Å². The molecule has 3 heterocycles. The first-order valence-electron chi connectivity index (χ1n) is 10.5. The molecule has 33 heavy (non-hydrogen) atoms. The van der Waals surface area contributed by atoms with E-state index in [9.17, 15) is 46.0 Å². The van der Waals surface area contributed by atoms with E-state index in [1.165, 1.54) is 0 Å². The van der Waals surface area contributed by atoms with Crippen molar-refractivity contribution in [3.05, 3.63) is 0 Å². The van der Waals surface area contributed by atoms with Crippen LogP contribution in [0, 0.1) is 0 Å². The normalized spacial score (nSPS) is 49.8. The Morgan fingerprint density at radius 1 is 0.697 bits per heavy atom. The van der Waals surface area contributed by atoms with Crippen molar-refractivity contribution < 1.29 is 74.7 Å². The number of aliphatic hydroxyl groups is 10. The Balaban J connectivity index is 1.66. The largest absolute Gasteiger partial charge is 0.394 e. The molecule has 0 aliphatic carbocycles. The summed E-state index contributed by atoms with van der Waals surface area (Å²) < 4.78 is 26.8. The summed E-state index contributed by atoms with van der Waals surface area (Å²) in [6, 6.07) is 0. The molecule has 3 rings (SSSR count). The van der Waals surface area contributed by atoms with Crippen molar-refractivity contribution >= 4 is 0 Å². The minimum absolute atomic E-state index is 0.222. The summed E-state index contributed by atoms with van der Waals surface area (Å²) in [6.07, 6.45) is -21.1. The van der Waals surface area contributed by atoms with Gasteiger partial charge in [-0.15, -0.1) is 0 Å². The molecular weight excluding hydrogens is 456 g/mol. The zero-order valence-corrected chi connectivity index (χ0v) is 17.4. The Labute approximate surface area is 187 Å². The highest BCUT2D eigenvalue weighted by molar-refractivity contribution is 4.95. The Morgan fingerprint density at radius 3 is 1.88 bits per heavy atom. The first kappa shape index (κ1) is 27.0. The molecule has 3 aliphatic heterocycles. The fourth-order valence-electron chi connectivity index (χ4n) is 4.02. The second-order valence-corrected chi connectivity index (χ2v) is 8.22. The molecular formula is C18H32O15. The molecule has 3 fully saturated rings. The molecule has 0 amide bonds. The predicted octanol–water partition coefficient (Wildman–Crippen LogP) is -6.89. The minimum Gasteiger partial charge on any atom is -0.394 e. The van der Waals surface area contributed by atoms with Crippen LogP contribution in [-0.4, -0.2) is 163 Å². The average Bonchev–Trinajstić information content (AvgIpc) is 3.17. The highest BCUT2D eigenvalue weighted by atomic mass is 16.7. The molecule has 194 valence electrons. The lowest BCUT2D eigenvalue weighted by Crippen LogP contribution is -2.65. The van der Waals surface area contributed by atoms with Crippen LogP contribution in [0.1, 0.15) is 0 Å². The average molecular weight is 488 g/mol. The van der Waals surface area contributed by atoms with Gasteiger partial charge < -0.3 is 74.7 Å². The fraction of sp³-hybridized carbons (Fsp3) is 1.00. The summed E-state index contributed by atoms with van der Waals surface area (Å²) in [5, 5.41) is 98.8. The predicted molar refractivity (Wildman–Crippen MR) is 100 cm³/mol. The van der Waals surface area contributed by atoms with Crippen LogP contribution in [0.2, 0.25) is 0 Å². The van der Waals surface area contributed by atoms with Crippen LogP contribution in [0.5, 0.6) is 0 Å². The summed E-state index contributed by atoms with van der Waals surface area (Å²) >= 11 is 0. The second kappa shape index (κ2) is 11.4. The number of aliphatic hydroxyl groups excluding tert-OH is 10. The third kappa shape index (κ3) is 5.48. The molecule has 0 bridgehead atoms. The maximum Gasteiger partial charge on any atom is 0.187 e. The third-order valence-electron chi connectivity index (χ3n) is 6.01. The summed E-state index contributed by atoms with van der Waals surface area (Å²) in [4.78, 5) is 0. The third-order valence-corrected chi connectivity index (χ3v) is 6.01. The monoisotopic (exact) mass is 488 g/mol. The number of hydrogen-bond acceptors (Lipinski definition) is 15. The van der Waals surface area contributed by atoms with Crippen molar-refractivity contribution in [3.63, 3.8) is 0 Å². The van der Waals surface area contributed by atoms with E-state index >= 15 is 0 Å². The lowest BCUT2D eigenvalue weighted by Gasteiger charge is -2.46. The van der Waals surface area contributed by atoms with Gasteiger partial charge in [-0.2, -0.15) is 0 Å². The molecule has 8 unspecified atom stereocenters. The number of hydrogen-bond donors (Lipinski definition) is 10. The molecule has 0 aromatic carbocycles. The molecule has 0 radical (unpaired) electrons. The molecule has 15 heteroatoms. The molecule has 15 nitrogen and oxygen atoms in total. The van der Waals surface area contributed by atoms with Gasteiger partial charge in [0.1, 0.15) is 73.2 Å². The van der Waals surface area contributed by atoms with Crippen molar-refractivity contribution in [2.45, 2.75) is 85.8 Å². The van der Waals surface area contributed by atoms with Gasteiger partial charge in [-0.3, -0.25) is 0 Å². The standard InChI is InChI=1S/C18H32O15/c19-1-5(22)15-10(24)8(4-29-15)32-17-14(28)12(26)16(7(3-21)31-17)33-18-13(27)11(25)9(23)6(2-20)30-18/h5-28H,1-4H2/t5?,6?,7?,8?,9-,10?,11-,12+,13?,14?,15?,16-,17-,18-/m1/s1. The van der Waals surface area contributed by atoms with Crippen molar-refractivity contribution in [2.24, 2.45) is 0 Å². The van der Waals surface area contributed by atoms with E-state index in [2.05, 4.69) is 0 Å². The first-order valence-corrected chi connectivity index (χ1v) is 10.5. The van der Waals surface area contributed by atoms with Crippen LogP contribution in [0.25, 0.3) is 0 Å². The van der Waals surface area contributed by atoms with E-state index in [-0.39, 0.29) is 6.61 Å². The molecule has 0 saturated carbocycles. The molecule has 3 saturated heterocycles. The highest BCUT2D eigenvalue weighted by Crippen LogP contribution is 2.31. The smallest absolute Gasteiger partial charge is 0.187 e. The van der Waals surface area contributed by atoms with Gasteiger partial charge >= 0.3 is 0 Å². The topological polar surface area (TPSA) is 248 Å². The highest BCUT2D eigenvalue weighted by Gasteiger charge is 2.52. The van der Waals surface area contributed by atoms with Crippen LogP contribution in [0.15, 0.2) is 0 Å². The first-order chi connectivity index (χ1) is 15.6. The van der Waals surface area contributed by atoms with Gasteiger partial charge in [0.05, 0.1) is 26.4 Å². The molecule has 0 spiro atoms. The lowest BCUT2D eigenvalue weighted by atomic mass is 9.97. The summed E-state index contributed by atoms with van der Waals surface area (Å²) in [6.45, 7) is -2.35. The van der Waals surface area contributed by atoms with Gasteiger partial charge in [-0.25, -0.2) is 0 Å². The number of rotatable bonds is 8. The summed E-state index contributed by atoms with van der Waals surface area (Å²) in [5.74, 6) is 0. The zero-order chi connectivity index (χ0) is 24.4. The van der Waals surface area contributed by atoms with Crippen LogP contribution < -0.4 is 0 Å². The Kier molecular flexibility index (Phi) is 9.35. The molecule has 0 aromatic rings. The van der Waals surface area contributed by atoms with Gasteiger partial charge in [0.15, 0.2) is 12.6 Å². The van der Waals surface area contributed by atoms with Gasteiger partial charge in [-0.05, 0) is 0 Å². The van der Waals surface area contributed by atoms with Crippen molar-refractivity contribution in [1.29, 1.82) is 0 Å². The van der Waals surface area contributed by atoms with Crippen LogP contribution in [-0.2, 0) is 23.7 Å². The van der Waals surface area contributed by atoms with E-state index < -0.39 is 106 Å². The molecule has 10 N–H and O–H groups in total. The summed E-state index contributed by atoms with van der Waals surface area (Å²) in [5.41, 5.74) is 0. The van der Waals surface area contributed by atoms with E-state index in [0.29, 0.717) is 0 Å². The van der Waals surface area contributed by atoms with Crippen molar-refractivity contribution in [2.75, 3.05) is 26.4 Å². The Bertz CT molecular complexity index is 607. The van der Waals surface area contributed by atoms with E-state index in [1.807, 2.05) is 0 Å². The van der Waals surface area contributed by atoms with Crippen molar-refractivity contribution in [1.82, 2.24) is 0 Å². The second-order valence-electron chi connectivity index (χ2n) is 8.22. The Morgan fingerprint density at radius 2 is 1.27 bits per heavy atom. The molecule has 0 aromatic heterocycles. The van der Waals surface area contributed by atoms with Crippen LogP contribution in [0.4, 0.5) is 0 Å². The van der Waals surface area contributed by atoms with Crippen LogP contribution >= 0.6 is 0 Å². The van der Waals surface area contributed by atoms with Gasteiger partial charge in [0, 0.05) is 0 Å². The van der Waals surface area contributed by atoms with Gasteiger partial charge in [-0.1, -0.05) is 0 Å². The molecule has 14 atom stereocenters. The van der Waals surface area contributed by atoms with Crippen LogP contribution in [0.3, 0.4) is 0 Å². The van der Waals surface area contributed by atoms with E-state index in [4.69, 9.17) is 28.8 Å². The lowest BCUT2D eigenvalue weighted by molar-refractivity contribution is -0.363. The zero-order valence-electron chi connectivity index (χ0n) is 17.4. The molecule has 3 aliphatic rings. The van der Waals surface area contributed by atoms with Gasteiger partial charge in [0.25, 0.3) is 0 Å².